The lowest BCUT2D eigenvalue weighted by Crippen LogP contribution is -2.37. The molecule has 0 aliphatic carbocycles. The minimum Gasteiger partial charge on any atom is -0.486 e. The number of nitrogens with zero attached hydrogens (tertiary/aromatic N) is 1. The first kappa shape index (κ1) is 17.6. The van der Waals surface area contributed by atoms with E-state index in [0.717, 1.165) is 0 Å². The second-order valence-electron chi connectivity index (χ2n) is 5.51. The van der Waals surface area contributed by atoms with Crippen LogP contribution in [0.2, 0.25) is 5.02 Å². The van der Waals surface area contributed by atoms with Gasteiger partial charge in [-0.15, -0.1) is 0 Å². The van der Waals surface area contributed by atoms with Crippen molar-refractivity contribution in [2.45, 2.75) is 6.10 Å². The number of benzene rings is 2. The number of fused-ring (bicyclic) bond motifs is 1. The fraction of sp³-hybridized carbons (Fsp3) is 0.158. The van der Waals surface area contributed by atoms with Crippen molar-refractivity contribution in [3.63, 3.8) is 0 Å². The Kier molecular flexibility index (Phi) is 5.62. The second-order valence-corrected chi connectivity index (χ2v) is 5.92. The Bertz CT molecular complexity index is 876. The van der Waals surface area contributed by atoms with Crippen LogP contribution in [0.1, 0.15) is 0 Å². The fourth-order valence-electron chi connectivity index (χ4n) is 2.36. The summed E-state index contributed by atoms with van der Waals surface area (Å²) in [7, 11) is 0. The van der Waals surface area contributed by atoms with Crippen molar-refractivity contribution >= 4 is 23.2 Å². The van der Waals surface area contributed by atoms with Gasteiger partial charge in [-0.3, -0.25) is 4.79 Å². The van der Waals surface area contributed by atoms with Crippen LogP contribution in [0.5, 0.6) is 11.5 Å². The quantitative estimate of drug-likeness (QED) is 0.625. The minimum atomic E-state index is -0.542. The third kappa shape index (κ3) is 4.26. The van der Waals surface area contributed by atoms with Crippen LogP contribution in [-0.2, 0) is 4.79 Å². The van der Waals surface area contributed by atoms with E-state index in [1.165, 1.54) is 6.20 Å². The van der Waals surface area contributed by atoms with Gasteiger partial charge in [0.15, 0.2) is 11.5 Å². The normalized spacial score (nSPS) is 15.7. The van der Waals surface area contributed by atoms with Crippen molar-refractivity contribution in [3.8, 4) is 17.6 Å². The first-order chi connectivity index (χ1) is 12.7. The van der Waals surface area contributed by atoms with Crippen LogP contribution in [0.15, 0.2) is 60.3 Å². The van der Waals surface area contributed by atoms with E-state index < -0.39 is 5.91 Å². The molecule has 6 nitrogen and oxygen atoms in total. The summed E-state index contributed by atoms with van der Waals surface area (Å²) < 4.78 is 11.4. The molecule has 3 rings (SSSR count). The Morgan fingerprint density at radius 1 is 1.23 bits per heavy atom. The molecule has 1 unspecified atom stereocenters. The van der Waals surface area contributed by atoms with Gasteiger partial charge in [0.05, 0.1) is 17.3 Å². The van der Waals surface area contributed by atoms with Gasteiger partial charge in [0.25, 0.3) is 5.91 Å². The third-order valence-corrected chi connectivity index (χ3v) is 3.98. The summed E-state index contributed by atoms with van der Waals surface area (Å²) in [6, 6.07) is 16.1. The molecule has 26 heavy (non-hydrogen) atoms. The number of hydrogen-bond donors (Lipinski definition) is 2. The van der Waals surface area contributed by atoms with Crippen LogP contribution >= 0.6 is 11.6 Å². The molecule has 0 saturated heterocycles. The number of rotatable bonds is 5. The summed E-state index contributed by atoms with van der Waals surface area (Å²) >= 11 is 6.00. The lowest BCUT2D eigenvalue weighted by atomic mass is 10.2. The summed E-state index contributed by atoms with van der Waals surface area (Å²) in [5.41, 5.74) is 0.378. The summed E-state index contributed by atoms with van der Waals surface area (Å²) in [5.74, 6) is 0.835. The molecule has 1 aliphatic heterocycles. The maximum Gasteiger partial charge on any atom is 0.267 e. The molecule has 2 aromatic rings. The Morgan fingerprint density at radius 3 is 2.73 bits per heavy atom. The van der Waals surface area contributed by atoms with Gasteiger partial charge >= 0.3 is 0 Å². The van der Waals surface area contributed by atoms with Crippen molar-refractivity contribution < 1.29 is 14.3 Å². The van der Waals surface area contributed by atoms with Crippen molar-refractivity contribution in [2.75, 3.05) is 18.5 Å². The molecule has 2 N–H and O–H groups in total. The molecule has 1 atom stereocenters. The van der Waals surface area contributed by atoms with Gasteiger partial charge in [-0.2, -0.15) is 5.26 Å². The Hall–Kier alpha value is -3.17. The first-order valence-corrected chi connectivity index (χ1v) is 8.33. The van der Waals surface area contributed by atoms with E-state index in [0.29, 0.717) is 35.4 Å². The van der Waals surface area contributed by atoms with Crippen LogP contribution in [-0.4, -0.2) is 25.2 Å². The van der Waals surface area contributed by atoms with Crippen LogP contribution in [0, 0.1) is 11.3 Å². The van der Waals surface area contributed by atoms with Crippen molar-refractivity contribution in [1.29, 1.82) is 5.26 Å². The molecule has 1 amide bonds. The average molecular weight is 370 g/mol. The number of para-hydroxylation sites is 3. The second kappa shape index (κ2) is 8.28. The van der Waals surface area contributed by atoms with Gasteiger partial charge < -0.3 is 20.1 Å². The van der Waals surface area contributed by atoms with Crippen molar-refractivity contribution in [3.05, 3.63) is 65.3 Å². The Balaban J connectivity index is 1.56. The van der Waals surface area contributed by atoms with E-state index in [9.17, 15) is 10.1 Å². The van der Waals surface area contributed by atoms with E-state index in [1.54, 1.807) is 24.3 Å². The molecule has 0 aromatic heterocycles. The monoisotopic (exact) mass is 369 g/mol. The number of amides is 1. The van der Waals surface area contributed by atoms with E-state index in [4.69, 9.17) is 21.1 Å². The smallest absolute Gasteiger partial charge is 0.267 e. The first-order valence-electron chi connectivity index (χ1n) is 7.95. The molecule has 1 heterocycles. The molecule has 0 bridgehead atoms. The maximum absolute atomic E-state index is 12.2. The van der Waals surface area contributed by atoms with Gasteiger partial charge in [-0.25, -0.2) is 0 Å². The molecular weight excluding hydrogens is 354 g/mol. The summed E-state index contributed by atoms with van der Waals surface area (Å²) in [6.07, 6.45) is 1.13. The van der Waals surface area contributed by atoms with Gasteiger partial charge in [0.1, 0.15) is 24.4 Å². The number of halogens is 1. The highest BCUT2D eigenvalue weighted by Gasteiger charge is 2.20. The molecule has 0 saturated carbocycles. The zero-order valence-electron chi connectivity index (χ0n) is 13.7. The molecule has 7 heteroatoms. The summed E-state index contributed by atoms with van der Waals surface area (Å²) in [4.78, 5) is 12.2. The lowest BCUT2D eigenvalue weighted by molar-refractivity contribution is -0.112. The standard InChI is InChI=1S/C19H16ClN3O3/c20-15-5-1-2-6-16(15)23-19(24)13(9-21)10-22-11-14-12-25-17-7-3-4-8-18(17)26-14/h1-8,10,14,22H,11-12H2,(H,23,24)/b13-10-. The maximum atomic E-state index is 12.2. The van der Waals surface area contributed by atoms with Gasteiger partial charge in [0.2, 0.25) is 0 Å². The zero-order valence-corrected chi connectivity index (χ0v) is 14.5. The van der Waals surface area contributed by atoms with E-state index in [1.807, 2.05) is 30.3 Å². The number of nitriles is 1. The molecule has 1 aliphatic rings. The van der Waals surface area contributed by atoms with E-state index in [2.05, 4.69) is 10.6 Å². The van der Waals surface area contributed by atoms with Crippen LogP contribution < -0.4 is 20.1 Å². The SMILES string of the molecule is N#C/C(=C/NCC1COc2ccccc2O1)C(=O)Nc1ccccc1Cl. The van der Waals surface area contributed by atoms with Gasteiger partial charge in [-0.05, 0) is 24.3 Å². The number of hydrogen-bond acceptors (Lipinski definition) is 5. The highest BCUT2D eigenvalue weighted by molar-refractivity contribution is 6.33. The van der Waals surface area contributed by atoms with Crippen LogP contribution in [0.4, 0.5) is 5.69 Å². The summed E-state index contributed by atoms with van der Waals surface area (Å²) in [6.45, 7) is 0.768. The summed E-state index contributed by atoms with van der Waals surface area (Å²) in [5, 5.41) is 15.1. The van der Waals surface area contributed by atoms with Gasteiger partial charge in [0, 0.05) is 6.20 Å². The molecule has 0 spiro atoms. The lowest BCUT2D eigenvalue weighted by Gasteiger charge is -2.26. The highest BCUT2D eigenvalue weighted by atomic mass is 35.5. The molecule has 0 fully saturated rings. The van der Waals surface area contributed by atoms with Gasteiger partial charge in [-0.1, -0.05) is 35.9 Å². The predicted molar refractivity (Wildman–Crippen MR) is 98.1 cm³/mol. The molecular formula is C19H16ClN3O3. The highest BCUT2D eigenvalue weighted by Crippen LogP contribution is 2.30. The zero-order chi connectivity index (χ0) is 18.4. The number of nitrogens with one attached hydrogen (secondary N) is 2. The van der Waals surface area contributed by atoms with Crippen LogP contribution in [0.25, 0.3) is 0 Å². The molecule has 2 aromatic carbocycles. The third-order valence-electron chi connectivity index (χ3n) is 3.65. The minimum absolute atomic E-state index is 0.0675. The largest absolute Gasteiger partial charge is 0.486 e. The number of carbonyl (C=O) groups excluding carboxylic acids is 1. The average Bonchev–Trinajstić information content (AvgIpc) is 2.67. The topological polar surface area (TPSA) is 83.4 Å². The van der Waals surface area contributed by atoms with Crippen LogP contribution in [0.3, 0.4) is 0 Å². The number of anilines is 1. The van der Waals surface area contributed by atoms with Crippen molar-refractivity contribution in [1.82, 2.24) is 5.32 Å². The van der Waals surface area contributed by atoms with E-state index in [-0.39, 0.29) is 11.7 Å². The molecule has 132 valence electrons. The van der Waals surface area contributed by atoms with Crippen molar-refractivity contribution in [2.24, 2.45) is 0 Å². The molecule has 0 radical (unpaired) electrons. The predicted octanol–water partition coefficient (Wildman–Crippen LogP) is 3.12. The van der Waals surface area contributed by atoms with E-state index >= 15 is 0 Å². The Labute approximate surface area is 156 Å². The fourth-order valence-corrected chi connectivity index (χ4v) is 2.54. The number of ether oxygens (including phenoxy) is 2. The number of carbonyl (C=O) groups is 1. The Morgan fingerprint density at radius 2 is 1.96 bits per heavy atom.